The Morgan fingerprint density at radius 3 is 2.57 bits per heavy atom. The van der Waals surface area contributed by atoms with Crippen LogP contribution >= 0.6 is 0 Å². The molecule has 0 atom stereocenters. The zero-order valence-electron chi connectivity index (χ0n) is 13.2. The van der Waals surface area contributed by atoms with Crippen LogP contribution in [0, 0.1) is 0 Å². The Hall–Kier alpha value is -2.56. The summed E-state index contributed by atoms with van der Waals surface area (Å²) >= 11 is 0. The van der Waals surface area contributed by atoms with Crippen molar-refractivity contribution in [2.24, 2.45) is 0 Å². The predicted octanol–water partition coefficient (Wildman–Crippen LogP) is 3.12. The molecule has 1 aliphatic rings. The van der Waals surface area contributed by atoms with Crippen LogP contribution in [0.4, 0.5) is 17.1 Å². The molecule has 5 heteroatoms. The van der Waals surface area contributed by atoms with Crippen molar-refractivity contribution in [3.8, 4) is 0 Å². The average Bonchev–Trinajstić information content (AvgIpc) is 2.62. The van der Waals surface area contributed by atoms with E-state index in [0.29, 0.717) is 0 Å². The van der Waals surface area contributed by atoms with Crippen LogP contribution in [0.5, 0.6) is 0 Å². The highest BCUT2D eigenvalue weighted by molar-refractivity contribution is 5.96. The first-order valence-corrected chi connectivity index (χ1v) is 8.11. The number of hydrogen-bond donors (Lipinski definition) is 2. The van der Waals surface area contributed by atoms with Gasteiger partial charge in [0, 0.05) is 31.2 Å². The Balaban J connectivity index is 1.62. The van der Waals surface area contributed by atoms with Gasteiger partial charge in [-0.2, -0.15) is 0 Å². The summed E-state index contributed by atoms with van der Waals surface area (Å²) in [4.78, 5) is 18.5. The van der Waals surface area contributed by atoms with Crippen LogP contribution in [-0.4, -0.2) is 30.5 Å². The lowest BCUT2D eigenvalue weighted by Crippen LogP contribution is -2.31. The van der Waals surface area contributed by atoms with Crippen molar-refractivity contribution in [1.82, 2.24) is 4.98 Å². The van der Waals surface area contributed by atoms with Crippen molar-refractivity contribution in [2.75, 3.05) is 35.2 Å². The molecule has 1 amide bonds. The van der Waals surface area contributed by atoms with E-state index in [1.807, 2.05) is 30.3 Å². The van der Waals surface area contributed by atoms with E-state index in [1.54, 1.807) is 12.4 Å². The SMILES string of the molecule is O=C(CNc1ccncc1)Nc1ccccc1N1CCCCC1. The highest BCUT2D eigenvalue weighted by Gasteiger charge is 2.15. The first kappa shape index (κ1) is 15.3. The second-order valence-electron chi connectivity index (χ2n) is 5.70. The highest BCUT2D eigenvalue weighted by atomic mass is 16.1. The van der Waals surface area contributed by atoms with Crippen LogP contribution in [0.25, 0.3) is 0 Å². The summed E-state index contributed by atoms with van der Waals surface area (Å²) in [5, 5.41) is 6.12. The smallest absolute Gasteiger partial charge is 0.243 e. The Morgan fingerprint density at radius 2 is 1.78 bits per heavy atom. The number of pyridine rings is 1. The van der Waals surface area contributed by atoms with Gasteiger partial charge in [0.15, 0.2) is 0 Å². The first-order valence-electron chi connectivity index (χ1n) is 8.11. The first-order chi connectivity index (χ1) is 11.3. The molecule has 0 spiro atoms. The number of anilines is 3. The van der Waals surface area contributed by atoms with Crippen LogP contribution in [0.3, 0.4) is 0 Å². The molecule has 1 aromatic heterocycles. The number of benzene rings is 1. The lowest BCUT2D eigenvalue weighted by atomic mass is 10.1. The van der Waals surface area contributed by atoms with Crippen molar-refractivity contribution in [1.29, 1.82) is 0 Å². The fourth-order valence-electron chi connectivity index (χ4n) is 2.84. The zero-order chi connectivity index (χ0) is 15.9. The van der Waals surface area contributed by atoms with Gasteiger partial charge < -0.3 is 15.5 Å². The maximum absolute atomic E-state index is 12.2. The van der Waals surface area contributed by atoms with E-state index in [4.69, 9.17) is 0 Å². The molecule has 1 aliphatic heterocycles. The van der Waals surface area contributed by atoms with Crippen molar-refractivity contribution >= 4 is 23.0 Å². The zero-order valence-corrected chi connectivity index (χ0v) is 13.2. The van der Waals surface area contributed by atoms with Gasteiger partial charge in [0.2, 0.25) is 5.91 Å². The van der Waals surface area contributed by atoms with E-state index in [0.717, 1.165) is 30.2 Å². The molecule has 0 saturated carbocycles. The van der Waals surface area contributed by atoms with Gasteiger partial charge >= 0.3 is 0 Å². The maximum Gasteiger partial charge on any atom is 0.243 e. The molecule has 0 bridgehead atoms. The molecule has 0 unspecified atom stereocenters. The van der Waals surface area contributed by atoms with Gasteiger partial charge in [0.1, 0.15) is 0 Å². The molecule has 2 N–H and O–H groups in total. The lowest BCUT2D eigenvalue weighted by Gasteiger charge is -2.30. The number of carbonyl (C=O) groups excluding carboxylic acids is 1. The van der Waals surface area contributed by atoms with E-state index in [2.05, 4.69) is 26.6 Å². The average molecular weight is 310 g/mol. The minimum absolute atomic E-state index is 0.0497. The van der Waals surface area contributed by atoms with Crippen molar-refractivity contribution in [3.05, 3.63) is 48.8 Å². The molecule has 1 saturated heterocycles. The molecule has 3 rings (SSSR count). The molecule has 2 aromatic rings. The maximum atomic E-state index is 12.2. The number of amides is 1. The molecular formula is C18H22N4O. The summed E-state index contributed by atoms with van der Waals surface area (Å²) < 4.78 is 0. The summed E-state index contributed by atoms with van der Waals surface area (Å²) in [6, 6.07) is 11.7. The van der Waals surface area contributed by atoms with E-state index in [9.17, 15) is 4.79 Å². The quantitative estimate of drug-likeness (QED) is 0.891. The van der Waals surface area contributed by atoms with Crippen LogP contribution < -0.4 is 15.5 Å². The number of carbonyl (C=O) groups is 1. The van der Waals surface area contributed by atoms with Crippen LogP contribution in [-0.2, 0) is 4.79 Å². The van der Waals surface area contributed by atoms with Crippen molar-refractivity contribution in [3.63, 3.8) is 0 Å². The van der Waals surface area contributed by atoms with E-state index < -0.39 is 0 Å². The third-order valence-electron chi connectivity index (χ3n) is 4.01. The Bertz CT molecular complexity index is 638. The monoisotopic (exact) mass is 310 g/mol. The van der Waals surface area contributed by atoms with Gasteiger partial charge in [0.05, 0.1) is 17.9 Å². The Morgan fingerprint density at radius 1 is 1.04 bits per heavy atom. The summed E-state index contributed by atoms with van der Waals surface area (Å²) in [5.74, 6) is -0.0497. The van der Waals surface area contributed by atoms with Crippen LogP contribution in [0.15, 0.2) is 48.8 Å². The lowest BCUT2D eigenvalue weighted by molar-refractivity contribution is -0.114. The summed E-state index contributed by atoms with van der Waals surface area (Å²) in [6.45, 7) is 2.35. The molecule has 1 fully saturated rings. The summed E-state index contributed by atoms with van der Waals surface area (Å²) in [7, 11) is 0. The Labute approximate surface area is 136 Å². The van der Waals surface area contributed by atoms with Gasteiger partial charge in [-0.15, -0.1) is 0 Å². The summed E-state index contributed by atoms with van der Waals surface area (Å²) in [6.07, 6.45) is 7.12. The molecule has 5 nitrogen and oxygen atoms in total. The molecular weight excluding hydrogens is 288 g/mol. The van der Waals surface area contributed by atoms with E-state index >= 15 is 0 Å². The van der Waals surface area contributed by atoms with E-state index in [-0.39, 0.29) is 12.5 Å². The minimum Gasteiger partial charge on any atom is -0.376 e. The Kier molecular flexibility index (Phi) is 5.09. The third kappa shape index (κ3) is 4.22. The third-order valence-corrected chi connectivity index (χ3v) is 4.01. The molecule has 0 aliphatic carbocycles. The van der Waals surface area contributed by atoms with Gasteiger partial charge in [0.25, 0.3) is 0 Å². The topological polar surface area (TPSA) is 57.3 Å². The van der Waals surface area contributed by atoms with Crippen molar-refractivity contribution in [2.45, 2.75) is 19.3 Å². The number of hydrogen-bond acceptors (Lipinski definition) is 4. The number of nitrogens with zero attached hydrogens (tertiary/aromatic N) is 2. The highest BCUT2D eigenvalue weighted by Crippen LogP contribution is 2.28. The second-order valence-corrected chi connectivity index (χ2v) is 5.70. The molecule has 120 valence electrons. The van der Waals surface area contributed by atoms with Gasteiger partial charge in [-0.3, -0.25) is 9.78 Å². The van der Waals surface area contributed by atoms with E-state index in [1.165, 1.54) is 19.3 Å². The summed E-state index contributed by atoms with van der Waals surface area (Å²) in [5.41, 5.74) is 2.89. The fraction of sp³-hybridized carbons (Fsp3) is 0.333. The second kappa shape index (κ2) is 7.63. The number of nitrogens with one attached hydrogen (secondary N) is 2. The van der Waals surface area contributed by atoms with Gasteiger partial charge in [-0.05, 0) is 43.5 Å². The fourth-order valence-corrected chi connectivity index (χ4v) is 2.84. The van der Waals surface area contributed by atoms with Crippen LogP contribution in [0.1, 0.15) is 19.3 Å². The van der Waals surface area contributed by atoms with Crippen LogP contribution in [0.2, 0.25) is 0 Å². The normalized spacial score (nSPS) is 14.3. The molecule has 23 heavy (non-hydrogen) atoms. The van der Waals surface area contributed by atoms with Gasteiger partial charge in [-0.25, -0.2) is 0 Å². The van der Waals surface area contributed by atoms with Gasteiger partial charge in [-0.1, -0.05) is 12.1 Å². The minimum atomic E-state index is -0.0497. The predicted molar refractivity (Wildman–Crippen MR) is 93.9 cm³/mol. The number of aromatic nitrogens is 1. The number of piperidine rings is 1. The molecule has 0 radical (unpaired) electrons. The molecule has 1 aromatic carbocycles. The largest absolute Gasteiger partial charge is 0.376 e. The standard InChI is InChI=1S/C18H22N4O/c23-18(14-20-15-8-10-19-11-9-15)21-16-6-2-3-7-17(16)22-12-4-1-5-13-22/h2-3,6-11H,1,4-5,12-14H2,(H,19,20)(H,21,23). The molecule has 2 heterocycles. The van der Waals surface area contributed by atoms with Crippen molar-refractivity contribution < 1.29 is 4.79 Å². The number of para-hydroxylation sites is 2. The number of rotatable bonds is 5.